The zero-order chi connectivity index (χ0) is 17.3. The highest BCUT2D eigenvalue weighted by molar-refractivity contribution is 5.96. The first-order valence-corrected chi connectivity index (χ1v) is 8.16. The van der Waals surface area contributed by atoms with Crippen LogP contribution in [0, 0.1) is 13.8 Å². The molecule has 0 aliphatic carbocycles. The number of piperazine rings is 1. The summed E-state index contributed by atoms with van der Waals surface area (Å²) in [6, 6.07) is 6.89. The molecule has 0 saturated carbocycles. The molecule has 2 heterocycles. The van der Waals surface area contributed by atoms with Crippen molar-refractivity contribution in [3.05, 3.63) is 40.6 Å². The number of nitrogens with two attached hydrogens (primary N) is 1. The molecule has 1 aromatic carbocycles. The summed E-state index contributed by atoms with van der Waals surface area (Å²) in [5.74, 6) is -0.168. The van der Waals surface area contributed by atoms with Gasteiger partial charge in [0, 0.05) is 32.2 Å². The molecule has 1 fully saturated rings. The van der Waals surface area contributed by atoms with Gasteiger partial charge in [-0.2, -0.15) is 0 Å². The molecule has 1 aliphatic heterocycles. The third-order valence-electron chi connectivity index (χ3n) is 4.74. The van der Waals surface area contributed by atoms with Crippen molar-refractivity contribution in [1.29, 1.82) is 0 Å². The van der Waals surface area contributed by atoms with Crippen LogP contribution >= 0.6 is 0 Å². The molecule has 1 aliphatic rings. The standard InChI is InChI=1S/C17H23N5O2/c1-11-4-5-14(12(2)10-11)13(3)21-6-8-22(9-7-21)17(23)15-16(18)20-24-19-15/h4-5,10,13H,6-9H2,1-3H3,(H2,18,20). The number of hydrogen-bond donors (Lipinski definition) is 1. The number of carbonyl (C=O) groups excluding carboxylic acids is 1. The van der Waals surface area contributed by atoms with E-state index in [-0.39, 0.29) is 17.4 Å². The van der Waals surface area contributed by atoms with E-state index in [1.807, 2.05) is 0 Å². The lowest BCUT2D eigenvalue weighted by Crippen LogP contribution is -2.49. The molecule has 0 bridgehead atoms. The van der Waals surface area contributed by atoms with E-state index >= 15 is 0 Å². The van der Waals surface area contributed by atoms with Gasteiger partial charge >= 0.3 is 0 Å². The van der Waals surface area contributed by atoms with E-state index in [0.717, 1.165) is 13.1 Å². The Morgan fingerprint density at radius 3 is 2.50 bits per heavy atom. The number of anilines is 1. The lowest BCUT2D eigenvalue weighted by molar-refractivity contribution is 0.0572. The monoisotopic (exact) mass is 329 g/mol. The van der Waals surface area contributed by atoms with E-state index in [1.165, 1.54) is 16.7 Å². The van der Waals surface area contributed by atoms with Crippen LogP contribution in [0.2, 0.25) is 0 Å². The second-order valence-electron chi connectivity index (χ2n) is 6.36. The second kappa shape index (κ2) is 6.60. The van der Waals surface area contributed by atoms with Gasteiger partial charge in [-0.1, -0.05) is 23.8 Å². The van der Waals surface area contributed by atoms with Crippen molar-refractivity contribution in [2.45, 2.75) is 26.8 Å². The van der Waals surface area contributed by atoms with Gasteiger partial charge in [-0.3, -0.25) is 9.69 Å². The quantitative estimate of drug-likeness (QED) is 0.923. The topological polar surface area (TPSA) is 88.5 Å². The molecule has 0 spiro atoms. The van der Waals surface area contributed by atoms with Gasteiger partial charge in [0.15, 0.2) is 0 Å². The van der Waals surface area contributed by atoms with Gasteiger partial charge in [0.25, 0.3) is 5.91 Å². The van der Waals surface area contributed by atoms with Crippen molar-refractivity contribution in [3.8, 4) is 0 Å². The molecular formula is C17H23N5O2. The van der Waals surface area contributed by atoms with Crippen molar-refractivity contribution < 1.29 is 9.42 Å². The van der Waals surface area contributed by atoms with E-state index in [4.69, 9.17) is 5.73 Å². The predicted molar refractivity (Wildman–Crippen MR) is 90.5 cm³/mol. The molecule has 1 saturated heterocycles. The Balaban J connectivity index is 1.64. The number of nitrogens with zero attached hydrogens (tertiary/aromatic N) is 4. The third kappa shape index (κ3) is 3.12. The summed E-state index contributed by atoms with van der Waals surface area (Å²) in [6.07, 6.45) is 0. The van der Waals surface area contributed by atoms with E-state index < -0.39 is 0 Å². The minimum absolute atomic E-state index is 0.0473. The molecular weight excluding hydrogens is 306 g/mol. The lowest BCUT2D eigenvalue weighted by atomic mass is 9.98. The maximum absolute atomic E-state index is 12.4. The van der Waals surface area contributed by atoms with Gasteiger partial charge in [-0.25, -0.2) is 4.63 Å². The number of carbonyl (C=O) groups is 1. The van der Waals surface area contributed by atoms with Crippen LogP contribution in [0.25, 0.3) is 0 Å². The summed E-state index contributed by atoms with van der Waals surface area (Å²) in [4.78, 5) is 16.5. The summed E-state index contributed by atoms with van der Waals surface area (Å²) in [5, 5.41) is 7.06. The normalized spacial score (nSPS) is 17.0. The molecule has 24 heavy (non-hydrogen) atoms. The third-order valence-corrected chi connectivity index (χ3v) is 4.74. The van der Waals surface area contributed by atoms with Crippen LogP contribution in [0.1, 0.15) is 40.1 Å². The number of aryl methyl sites for hydroxylation is 2. The second-order valence-corrected chi connectivity index (χ2v) is 6.36. The molecule has 7 nitrogen and oxygen atoms in total. The summed E-state index contributed by atoms with van der Waals surface area (Å²) in [7, 11) is 0. The van der Waals surface area contributed by atoms with Crippen LogP contribution in [-0.4, -0.2) is 52.2 Å². The van der Waals surface area contributed by atoms with Crippen molar-refractivity contribution in [2.75, 3.05) is 31.9 Å². The molecule has 1 amide bonds. The van der Waals surface area contributed by atoms with Crippen LogP contribution in [0.4, 0.5) is 5.82 Å². The van der Waals surface area contributed by atoms with Gasteiger partial charge in [0.2, 0.25) is 11.5 Å². The van der Waals surface area contributed by atoms with E-state index in [9.17, 15) is 4.79 Å². The molecule has 1 aromatic heterocycles. The Hall–Kier alpha value is -2.41. The Bertz CT molecular complexity index is 734. The largest absolute Gasteiger partial charge is 0.379 e. The fourth-order valence-electron chi connectivity index (χ4n) is 3.30. The molecule has 7 heteroatoms. The Morgan fingerprint density at radius 1 is 1.21 bits per heavy atom. The minimum atomic E-state index is -0.215. The van der Waals surface area contributed by atoms with Gasteiger partial charge in [-0.05, 0) is 42.2 Å². The number of benzene rings is 1. The zero-order valence-corrected chi connectivity index (χ0v) is 14.3. The Morgan fingerprint density at radius 2 is 1.92 bits per heavy atom. The van der Waals surface area contributed by atoms with Crippen LogP contribution in [0.5, 0.6) is 0 Å². The van der Waals surface area contributed by atoms with Crippen molar-refractivity contribution in [2.24, 2.45) is 0 Å². The average Bonchev–Trinajstić information content (AvgIpc) is 3.00. The van der Waals surface area contributed by atoms with Crippen LogP contribution in [-0.2, 0) is 0 Å². The maximum atomic E-state index is 12.4. The number of amides is 1. The number of nitrogen functional groups attached to an aromatic ring is 1. The highest BCUT2D eigenvalue weighted by atomic mass is 16.6. The molecule has 2 aromatic rings. The fraction of sp³-hybridized carbons (Fsp3) is 0.471. The van der Waals surface area contributed by atoms with E-state index in [1.54, 1.807) is 4.90 Å². The molecule has 128 valence electrons. The summed E-state index contributed by atoms with van der Waals surface area (Å²) in [5.41, 5.74) is 9.63. The van der Waals surface area contributed by atoms with Gasteiger partial charge in [0.1, 0.15) is 0 Å². The van der Waals surface area contributed by atoms with Crippen LogP contribution in [0.3, 0.4) is 0 Å². The van der Waals surface area contributed by atoms with Crippen molar-refractivity contribution in [3.63, 3.8) is 0 Å². The molecule has 3 rings (SSSR count). The zero-order valence-electron chi connectivity index (χ0n) is 14.3. The first kappa shape index (κ1) is 16.4. The summed E-state index contributed by atoms with van der Waals surface area (Å²) >= 11 is 0. The predicted octanol–water partition coefficient (Wildman–Crippen LogP) is 1.79. The molecule has 1 unspecified atom stereocenters. The number of hydrogen-bond acceptors (Lipinski definition) is 6. The first-order valence-electron chi connectivity index (χ1n) is 8.16. The highest BCUT2D eigenvalue weighted by Crippen LogP contribution is 2.25. The maximum Gasteiger partial charge on any atom is 0.280 e. The molecule has 0 radical (unpaired) electrons. The minimum Gasteiger partial charge on any atom is -0.379 e. The lowest BCUT2D eigenvalue weighted by Gasteiger charge is -2.38. The van der Waals surface area contributed by atoms with E-state index in [2.05, 4.69) is 58.8 Å². The van der Waals surface area contributed by atoms with Crippen LogP contribution in [0.15, 0.2) is 22.8 Å². The summed E-state index contributed by atoms with van der Waals surface area (Å²) in [6.45, 7) is 9.38. The number of rotatable bonds is 3. The SMILES string of the molecule is Cc1ccc(C(C)N2CCN(C(=O)c3nonc3N)CC2)c(C)c1. The van der Waals surface area contributed by atoms with Crippen molar-refractivity contribution >= 4 is 11.7 Å². The van der Waals surface area contributed by atoms with Crippen LogP contribution < -0.4 is 5.73 Å². The number of aromatic nitrogens is 2. The fourth-order valence-corrected chi connectivity index (χ4v) is 3.30. The average molecular weight is 329 g/mol. The Labute approximate surface area is 141 Å². The summed E-state index contributed by atoms with van der Waals surface area (Å²) < 4.78 is 4.51. The smallest absolute Gasteiger partial charge is 0.280 e. The van der Waals surface area contributed by atoms with E-state index in [0.29, 0.717) is 19.1 Å². The van der Waals surface area contributed by atoms with Gasteiger partial charge in [-0.15, -0.1) is 0 Å². The van der Waals surface area contributed by atoms with Gasteiger partial charge in [0.05, 0.1) is 0 Å². The Kier molecular flexibility index (Phi) is 4.53. The molecule has 2 N–H and O–H groups in total. The molecule has 1 atom stereocenters. The first-order chi connectivity index (χ1) is 11.5. The van der Waals surface area contributed by atoms with Gasteiger partial charge < -0.3 is 10.6 Å². The van der Waals surface area contributed by atoms with Crippen molar-refractivity contribution in [1.82, 2.24) is 20.1 Å². The highest BCUT2D eigenvalue weighted by Gasteiger charge is 2.28.